The summed E-state index contributed by atoms with van der Waals surface area (Å²) in [6, 6.07) is 12.1. The highest BCUT2D eigenvalue weighted by Crippen LogP contribution is 2.24. The van der Waals surface area contributed by atoms with Crippen molar-refractivity contribution in [1.29, 1.82) is 5.26 Å². The van der Waals surface area contributed by atoms with E-state index in [1.807, 2.05) is 38.1 Å². The lowest BCUT2D eigenvalue weighted by atomic mass is 10.1. The number of aromatic nitrogens is 1. The van der Waals surface area contributed by atoms with E-state index in [9.17, 15) is 4.79 Å². The van der Waals surface area contributed by atoms with Gasteiger partial charge in [-0.15, -0.1) is 0 Å². The van der Waals surface area contributed by atoms with Gasteiger partial charge in [0.25, 0.3) is 5.91 Å². The summed E-state index contributed by atoms with van der Waals surface area (Å²) < 4.78 is 2.14. The van der Waals surface area contributed by atoms with Crippen LogP contribution in [0.4, 0.5) is 0 Å². The number of nitrogens with zero attached hydrogens (tertiary/aromatic N) is 2. The van der Waals surface area contributed by atoms with Crippen molar-refractivity contribution in [3.05, 3.63) is 58.4 Å². The van der Waals surface area contributed by atoms with Crippen molar-refractivity contribution in [2.75, 3.05) is 7.05 Å². The van der Waals surface area contributed by atoms with Gasteiger partial charge in [-0.1, -0.05) is 18.2 Å². The van der Waals surface area contributed by atoms with E-state index in [-0.39, 0.29) is 11.5 Å². The molecule has 2 rings (SSSR count). The molecule has 0 spiro atoms. The average molecular weight is 293 g/mol. The van der Waals surface area contributed by atoms with E-state index in [0.29, 0.717) is 0 Å². The molecule has 4 nitrogen and oxygen atoms in total. The average Bonchev–Trinajstić information content (AvgIpc) is 2.79. The van der Waals surface area contributed by atoms with Crippen LogP contribution in [0, 0.1) is 32.1 Å². The van der Waals surface area contributed by atoms with Gasteiger partial charge in [0.1, 0.15) is 11.6 Å². The van der Waals surface area contributed by atoms with Crippen molar-refractivity contribution in [3.63, 3.8) is 0 Å². The minimum absolute atomic E-state index is 0.104. The molecule has 0 radical (unpaired) electrons. The summed E-state index contributed by atoms with van der Waals surface area (Å²) in [5.74, 6) is -0.372. The highest BCUT2D eigenvalue weighted by atomic mass is 16.1. The Hall–Kier alpha value is -2.80. The maximum absolute atomic E-state index is 11.7. The van der Waals surface area contributed by atoms with Crippen LogP contribution in [0.3, 0.4) is 0 Å². The summed E-state index contributed by atoms with van der Waals surface area (Å²) >= 11 is 0. The fourth-order valence-electron chi connectivity index (χ4n) is 2.56. The Kier molecular flexibility index (Phi) is 4.47. The van der Waals surface area contributed by atoms with E-state index in [1.165, 1.54) is 12.6 Å². The molecule has 1 aromatic heterocycles. The molecule has 0 saturated heterocycles. The van der Waals surface area contributed by atoms with Gasteiger partial charge < -0.3 is 9.88 Å². The van der Waals surface area contributed by atoms with Crippen molar-refractivity contribution in [2.24, 2.45) is 0 Å². The Morgan fingerprint density at radius 3 is 2.55 bits per heavy atom. The van der Waals surface area contributed by atoms with Crippen LogP contribution >= 0.6 is 0 Å². The minimum Gasteiger partial charge on any atom is -0.354 e. The smallest absolute Gasteiger partial charge is 0.261 e. The second-order valence-electron chi connectivity index (χ2n) is 5.20. The second-order valence-corrected chi connectivity index (χ2v) is 5.20. The Morgan fingerprint density at radius 1 is 1.27 bits per heavy atom. The van der Waals surface area contributed by atoms with E-state index in [0.717, 1.165) is 22.6 Å². The molecule has 0 atom stereocenters. The predicted octanol–water partition coefficient (Wildman–Crippen LogP) is 3.06. The Labute approximate surface area is 130 Å². The molecule has 0 aliphatic carbocycles. The number of hydrogen-bond acceptors (Lipinski definition) is 2. The zero-order chi connectivity index (χ0) is 16.3. The van der Waals surface area contributed by atoms with E-state index in [2.05, 4.69) is 28.9 Å². The molecule has 112 valence electrons. The molecule has 0 unspecified atom stereocenters. The SMILES string of the molecule is CNC(=O)/C(C#N)=C/c1cc(C)n(-c2ccccc2C)c1C. The molecule has 1 heterocycles. The van der Waals surface area contributed by atoms with Gasteiger partial charge in [-0.25, -0.2) is 0 Å². The van der Waals surface area contributed by atoms with Gasteiger partial charge in [0, 0.05) is 24.1 Å². The molecule has 1 aromatic carbocycles. The van der Waals surface area contributed by atoms with Crippen LogP contribution in [-0.2, 0) is 4.79 Å². The quantitative estimate of drug-likeness (QED) is 0.698. The summed E-state index contributed by atoms with van der Waals surface area (Å²) in [5.41, 5.74) is 5.33. The highest BCUT2D eigenvalue weighted by Gasteiger charge is 2.13. The minimum atomic E-state index is -0.372. The highest BCUT2D eigenvalue weighted by molar-refractivity contribution is 6.01. The number of para-hydroxylation sites is 1. The van der Waals surface area contributed by atoms with Gasteiger partial charge in [0.2, 0.25) is 0 Å². The molecule has 1 amide bonds. The third-order valence-corrected chi connectivity index (χ3v) is 3.72. The summed E-state index contributed by atoms with van der Waals surface area (Å²) in [6.45, 7) is 6.07. The number of nitriles is 1. The number of carbonyl (C=O) groups is 1. The van der Waals surface area contributed by atoms with E-state index in [4.69, 9.17) is 5.26 Å². The molecule has 22 heavy (non-hydrogen) atoms. The number of hydrogen-bond donors (Lipinski definition) is 1. The number of benzene rings is 1. The standard InChI is InChI=1S/C18H19N3O/c1-12-7-5-6-8-17(12)21-13(2)9-15(14(21)3)10-16(11-19)18(22)20-4/h5-10H,1-4H3,(H,20,22)/b16-10+. The molecular weight excluding hydrogens is 274 g/mol. The Balaban J connectivity index is 2.58. The lowest BCUT2D eigenvalue weighted by molar-refractivity contribution is -0.116. The summed E-state index contributed by atoms with van der Waals surface area (Å²) in [7, 11) is 1.52. The topological polar surface area (TPSA) is 57.8 Å². The molecule has 2 aromatic rings. The maximum atomic E-state index is 11.7. The summed E-state index contributed by atoms with van der Waals surface area (Å²) in [6.07, 6.45) is 1.63. The van der Waals surface area contributed by atoms with Crippen LogP contribution in [-0.4, -0.2) is 17.5 Å². The Morgan fingerprint density at radius 2 is 1.95 bits per heavy atom. The number of carbonyl (C=O) groups excluding carboxylic acids is 1. The van der Waals surface area contributed by atoms with Gasteiger partial charge in [-0.3, -0.25) is 4.79 Å². The molecule has 1 N–H and O–H groups in total. The van der Waals surface area contributed by atoms with Gasteiger partial charge >= 0.3 is 0 Å². The third kappa shape index (κ3) is 2.79. The first-order chi connectivity index (χ1) is 10.5. The van der Waals surface area contributed by atoms with Crippen LogP contribution in [0.1, 0.15) is 22.5 Å². The first kappa shape index (κ1) is 15.6. The number of rotatable bonds is 3. The summed E-state index contributed by atoms with van der Waals surface area (Å²) in [5, 5.41) is 11.6. The molecule has 4 heteroatoms. The number of likely N-dealkylation sites (N-methyl/N-ethyl adjacent to an activating group) is 1. The zero-order valence-corrected chi connectivity index (χ0v) is 13.3. The molecule has 0 fully saturated rings. The van der Waals surface area contributed by atoms with Crippen molar-refractivity contribution in [3.8, 4) is 11.8 Å². The zero-order valence-electron chi connectivity index (χ0n) is 13.3. The maximum Gasteiger partial charge on any atom is 0.261 e. The van der Waals surface area contributed by atoms with E-state index < -0.39 is 0 Å². The third-order valence-electron chi connectivity index (χ3n) is 3.72. The monoisotopic (exact) mass is 293 g/mol. The van der Waals surface area contributed by atoms with E-state index in [1.54, 1.807) is 6.08 Å². The lowest BCUT2D eigenvalue weighted by Gasteiger charge is -2.12. The van der Waals surface area contributed by atoms with Crippen molar-refractivity contribution in [2.45, 2.75) is 20.8 Å². The van der Waals surface area contributed by atoms with Crippen molar-refractivity contribution < 1.29 is 4.79 Å². The van der Waals surface area contributed by atoms with Crippen LogP contribution < -0.4 is 5.32 Å². The number of aryl methyl sites for hydroxylation is 2. The van der Waals surface area contributed by atoms with Crippen molar-refractivity contribution in [1.82, 2.24) is 9.88 Å². The van der Waals surface area contributed by atoms with Crippen LogP contribution in [0.2, 0.25) is 0 Å². The van der Waals surface area contributed by atoms with Crippen LogP contribution in [0.15, 0.2) is 35.9 Å². The largest absolute Gasteiger partial charge is 0.354 e. The van der Waals surface area contributed by atoms with E-state index >= 15 is 0 Å². The normalized spacial score (nSPS) is 11.1. The summed E-state index contributed by atoms with van der Waals surface area (Å²) in [4.78, 5) is 11.7. The first-order valence-corrected chi connectivity index (χ1v) is 7.08. The van der Waals surface area contributed by atoms with Crippen LogP contribution in [0.5, 0.6) is 0 Å². The molecular formula is C18H19N3O. The Bertz CT molecular complexity index is 791. The second kappa shape index (κ2) is 6.31. The number of nitrogens with one attached hydrogen (secondary N) is 1. The predicted molar refractivity (Wildman–Crippen MR) is 87.6 cm³/mol. The fourth-order valence-corrected chi connectivity index (χ4v) is 2.56. The lowest BCUT2D eigenvalue weighted by Crippen LogP contribution is -2.19. The first-order valence-electron chi connectivity index (χ1n) is 7.08. The molecule has 0 aliphatic heterocycles. The number of amides is 1. The van der Waals surface area contributed by atoms with Gasteiger partial charge in [0.05, 0.1) is 0 Å². The van der Waals surface area contributed by atoms with Gasteiger partial charge in [0.15, 0.2) is 0 Å². The van der Waals surface area contributed by atoms with Crippen LogP contribution in [0.25, 0.3) is 11.8 Å². The van der Waals surface area contributed by atoms with Crippen molar-refractivity contribution >= 4 is 12.0 Å². The van der Waals surface area contributed by atoms with Gasteiger partial charge in [-0.05, 0) is 50.1 Å². The molecule has 0 aliphatic rings. The van der Waals surface area contributed by atoms with Gasteiger partial charge in [-0.2, -0.15) is 5.26 Å². The fraction of sp³-hybridized carbons (Fsp3) is 0.222. The molecule has 0 saturated carbocycles. The molecule has 0 bridgehead atoms.